The molecule has 0 radical (unpaired) electrons. The van der Waals surface area contributed by atoms with E-state index >= 15 is 0 Å². The lowest BCUT2D eigenvalue weighted by Gasteiger charge is -2.30. The Kier molecular flexibility index (Phi) is 5.77. The van der Waals surface area contributed by atoms with Gasteiger partial charge in [-0.05, 0) is 62.6 Å². The van der Waals surface area contributed by atoms with Crippen molar-refractivity contribution in [3.63, 3.8) is 0 Å². The molecule has 9 heteroatoms. The summed E-state index contributed by atoms with van der Waals surface area (Å²) in [7, 11) is -3.81. The van der Waals surface area contributed by atoms with E-state index in [0.717, 1.165) is 18.4 Å². The summed E-state index contributed by atoms with van der Waals surface area (Å²) in [5, 5.41) is 3.83. The summed E-state index contributed by atoms with van der Waals surface area (Å²) in [4.78, 5) is 19.1. The van der Waals surface area contributed by atoms with E-state index in [2.05, 4.69) is 14.9 Å². The first-order valence-corrected chi connectivity index (χ1v) is 11.6. The van der Waals surface area contributed by atoms with Crippen molar-refractivity contribution >= 4 is 21.6 Å². The second kappa shape index (κ2) is 8.50. The highest BCUT2D eigenvalue weighted by atomic mass is 32.2. The van der Waals surface area contributed by atoms with Crippen molar-refractivity contribution in [3.05, 3.63) is 71.4 Å². The van der Waals surface area contributed by atoms with Gasteiger partial charge in [-0.15, -0.1) is 0 Å². The fourth-order valence-corrected chi connectivity index (χ4v) is 4.80. The SMILES string of the molecule is Cc1cccc(NS(=O)(=O)c2cccc(C(=O)N3CCC(c4nc(C)no4)CC3)c2)c1. The van der Waals surface area contributed by atoms with Gasteiger partial charge in [0, 0.05) is 30.3 Å². The Morgan fingerprint density at radius 3 is 2.52 bits per heavy atom. The molecule has 0 aliphatic carbocycles. The highest BCUT2D eigenvalue weighted by Gasteiger charge is 2.28. The number of nitrogens with zero attached hydrogens (tertiary/aromatic N) is 3. The summed E-state index contributed by atoms with van der Waals surface area (Å²) in [5.74, 6) is 1.16. The number of amides is 1. The van der Waals surface area contributed by atoms with Crippen molar-refractivity contribution < 1.29 is 17.7 Å². The first-order chi connectivity index (χ1) is 14.8. The summed E-state index contributed by atoms with van der Waals surface area (Å²) < 4.78 is 33.4. The topological polar surface area (TPSA) is 105 Å². The van der Waals surface area contributed by atoms with Crippen LogP contribution >= 0.6 is 0 Å². The molecule has 0 unspecified atom stereocenters. The zero-order chi connectivity index (χ0) is 22.0. The molecule has 8 nitrogen and oxygen atoms in total. The fraction of sp³-hybridized carbons (Fsp3) is 0.318. The average Bonchev–Trinajstić information content (AvgIpc) is 3.19. The van der Waals surface area contributed by atoms with E-state index in [1.807, 2.05) is 13.0 Å². The zero-order valence-corrected chi connectivity index (χ0v) is 18.2. The van der Waals surface area contributed by atoms with Gasteiger partial charge in [-0.25, -0.2) is 8.42 Å². The van der Waals surface area contributed by atoms with Crippen LogP contribution in [0.4, 0.5) is 5.69 Å². The van der Waals surface area contributed by atoms with Gasteiger partial charge < -0.3 is 9.42 Å². The highest BCUT2D eigenvalue weighted by molar-refractivity contribution is 7.92. The largest absolute Gasteiger partial charge is 0.339 e. The molecule has 4 rings (SSSR count). The molecule has 2 heterocycles. The molecule has 31 heavy (non-hydrogen) atoms. The Morgan fingerprint density at radius 2 is 1.84 bits per heavy atom. The number of nitrogens with one attached hydrogen (secondary N) is 1. The summed E-state index contributed by atoms with van der Waals surface area (Å²) in [5.41, 5.74) is 1.78. The fourth-order valence-electron chi connectivity index (χ4n) is 3.71. The number of anilines is 1. The quantitative estimate of drug-likeness (QED) is 0.651. The lowest BCUT2D eigenvalue weighted by atomic mass is 9.96. The van der Waals surface area contributed by atoms with Crippen LogP contribution in [0.25, 0.3) is 0 Å². The zero-order valence-electron chi connectivity index (χ0n) is 17.4. The minimum Gasteiger partial charge on any atom is -0.339 e. The van der Waals surface area contributed by atoms with Gasteiger partial charge in [-0.2, -0.15) is 4.98 Å². The lowest BCUT2D eigenvalue weighted by molar-refractivity contribution is 0.0704. The maximum atomic E-state index is 13.0. The Morgan fingerprint density at radius 1 is 1.10 bits per heavy atom. The van der Waals surface area contributed by atoms with Gasteiger partial charge in [0.15, 0.2) is 5.82 Å². The predicted molar refractivity (Wildman–Crippen MR) is 115 cm³/mol. The molecular formula is C22H24N4O4S. The molecule has 0 saturated carbocycles. The van der Waals surface area contributed by atoms with Crippen molar-refractivity contribution in [2.45, 2.75) is 37.5 Å². The maximum absolute atomic E-state index is 13.0. The van der Waals surface area contributed by atoms with Gasteiger partial charge in [-0.3, -0.25) is 9.52 Å². The molecule has 0 spiro atoms. The van der Waals surface area contributed by atoms with Crippen LogP contribution in [-0.2, 0) is 10.0 Å². The van der Waals surface area contributed by atoms with Crippen molar-refractivity contribution in [2.24, 2.45) is 0 Å². The van der Waals surface area contributed by atoms with Crippen molar-refractivity contribution in [1.82, 2.24) is 15.0 Å². The van der Waals surface area contributed by atoms with Gasteiger partial charge in [0.25, 0.3) is 15.9 Å². The molecule has 1 aliphatic heterocycles. The van der Waals surface area contributed by atoms with Crippen molar-refractivity contribution in [3.8, 4) is 0 Å². The molecule has 1 aromatic heterocycles. The number of aromatic nitrogens is 2. The van der Waals surface area contributed by atoms with E-state index in [1.54, 1.807) is 42.2 Å². The molecule has 1 aliphatic rings. The molecule has 1 N–H and O–H groups in total. The molecule has 1 fully saturated rings. The normalized spacial score (nSPS) is 15.1. The van der Waals surface area contributed by atoms with E-state index in [1.165, 1.54) is 12.1 Å². The number of likely N-dealkylation sites (tertiary alicyclic amines) is 1. The van der Waals surface area contributed by atoms with Crippen LogP contribution in [0.3, 0.4) is 0 Å². The number of sulfonamides is 1. The second-order valence-corrected chi connectivity index (χ2v) is 9.43. The second-order valence-electron chi connectivity index (χ2n) is 7.75. The number of benzene rings is 2. The van der Waals surface area contributed by atoms with Crippen molar-refractivity contribution in [2.75, 3.05) is 17.8 Å². The summed E-state index contributed by atoms with van der Waals surface area (Å²) >= 11 is 0. The molecule has 2 aromatic carbocycles. The standard InChI is InChI=1S/C22H24N4O4S/c1-15-5-3-7-19(13-15)25-31(28,29)20-8-4-6-18(14-20)22(27)26-11-9-17(10-12-26)21-23-16(2)24-30-21/h3-8,13-14,17,25H,9-12H2,1-2H3. The van der Waals surface area contributed by atoms with Gasteiger partial charge in [0.05, 0.1) is 4.90 Å². The molecule has 0 bridgehead atoms. The highest BCUT2D eigenvalue weighted by Crippen LogP contribution is 2.28. The summed E-state index contributed by atoms with van der Waals surface area (Å²) in [6.07, 6.45) is 1.44. The van der Waals surface area contributed by atoms with Crippen LogP contribution in [0.2, 0.25) is 0 Å². The Bertz CT molecular complexity index is 1200. The minimum absolute atomic E-state index is 0.0519. The molecule has 1 saturated heterocycles. The monoisotopic (exact) mass is 440 g/mol. The Balaban J connectivity index is 1.46. The molecular weight excluding hydrogens is 416 g/mol. The van der Waals surface area contributed by atoms with Crippen LogP contribution in [0.1, 0.15) is 46.4 Å². The van der Waals surface area contributed by atoms with E-state index in [-0.39, 0.29) is 16.7 Å². The number of rotatable bonds is 5. The summed E-state index contributed by atoms with van der Waals surface area (Å²) in [6.45, 7) is 4.76. The average molecular weight is 441 g/mol. The first-order valence-electron chi connectivity index (χ1n) is 10.1. The van der Waals surface area contributed by atoms with E-state index < -0.39 is 10.0 Å². The smallest absolute Gasteiger partial charge is 0.261 e. The number of hydrogen-bond acceptors (Lipinski definition) is 6. The van der Waals surface area contributed by atoms with Crippen LogP contribution in [0.5, 0.6) is 0 Å². The number of carbonyl (C=O) groups excluding carboxylic acids is 1. The number of aryl methyl sites for hydroxylation is 2. The van der Waals surface area contributed by atoms with Gasteiger partial charge in [0.2, 0.25) is 5.89 Å². The third-order valence-corrected chi connectivity index (χ3v) is 6.72. The van der Waals surface area contributed by atoms with E-state index in [0.29, 0.717) is 36.1 Å². The molecule has 0 atom stereocenters. The third kappa shape index (κ3) is 4.77. The lowest BCUT2D eigenvalue weighted by Crippen LogP contribution is -2.38. The minimum atomic E-state index is -3.81. The summed E-state index contributed by atoms with van der Waals surface area (Å²) in [6, 6.07) is 13.3. The Labute approximate surface area is 181 Å². The number of hydrogen-bond donors (Lipinski definition) is 1. The predicted octanol–water partition coefficient (Wildman–Crippen LogP) is 3.51. The van der Waals surface area contributed by atoms with Gasteiger partial charge in [0.1, 0.15) is 0 Å². The third-order valence-electron chi connectivity index (χ3n) is 5.34. The molecule has 3 aromatic rings. The Hall–Kier alpha value is -3.20. The van der Waals surface area contributed by atoms with Crippen LogP contribution in [0.15, 0.2) is 57.9 Å². The molecule has 162 valence electrons. The van der Waals surface area contributed by atoms with E-state index in [9.17, 15) is 13.2 Å². The van der Waals surface area contributed by atoms with Crippen LogP contribution in [-0.4, -0.2) is 42.5 Å². The van der Waals surface area contributed by atoms with Crippen LogP contribution < -0.4 is 4.72 Å². The van der Waals surface area contributed by atoms with Crippen LogP contribution in [0, 0.1) is 13.8 Å². The number of carbonyl (C=O) groups is 1. The molecule has 1 amide bonds. The maximum Gasteiger partial charge on any atom is 0.261 e. The van der Waals surface area contributed by atoms with Gasteiger partial charge in [-0.1, -0.05) is 23.4 Å². The number of piperidine rings is 1. The van der Waals surface area contributed by atoms with Crippen molar-refractivity contribution in [1.29, 1.82) is 0 Å². The van der Waals surface area contributed by atoms with E-state index in [4.69, 9.17) is 4.52 Å². The first kappa shape index (κ1) is 21.0. The van der Waals surface area contributed by atoms with Gasteiger partial charge >= 0.3 is 0 Å².